The Hall–Kier alpha value is -1.55. The van der Waals surface area contributed by atoms with E-state index < -0.39 is 0 Å². The number of hydrogen-bond donors (Lipinski definition) is 2. The van der Waals surface area contributed by atoms with Crippen molar-refractivity contribution in [3.8, 4) is 5.75 Å². The van der Waals surface area contributed by atoms with Crippen molar-refractivity contribution in [2.24, 2.45) is 4.99 Å². The zero-order valence-corrected chi connectivity index (χ0v) is 19.7. The second-order valence-corrected chi connectivity index (χ2v) is 6.92. The smallest absolute Gasteiger partial charge is 0.241 e. The van der Waals surface area contributed by atoms with Gasteiger partial charge in [0.15, 0.2) is 5.96 Å². The number of methoxy groups -OCH3 is 1. The Bertz CT molecular complexity index is 639. The Balaban J connectivity index is 0.00000392. The Labute approximate surface area is 185 Å². The Morgan fingerprint density at radius 3 is 2.75 bits per heavy atom. The van der Waals surface area contributed by atoms with Crippen molar-refractivity contribution in [1.29, 1.82) is 0 Å². The molecule has 0 bridgehead atoms. The first-order chi connectivity index (χ1) is 13.0. The summed E-state index contributed by atoms with van der Waals surface area (Å²) >= 11 is 0. The van der Waals surface area contributed by atoms with Gasteiger partial charge in [-0.3, -0.25) is 9.69 Å². The molecular formula is C20H34IN5O2. The lowest BCUT2D eigenvalue weighted by atomic mass is 10.2. The van der Waals surface area contributed by atoms with Crippen LogP contribution in [-0.2, 0) is 11.3 Å². The fraction of sp³-hybridized carbons (Fsp3) is 0.600. The van der Waals surface area contributed by atoms with Crippen LogP contribution in [0.25, 0.3) is 0 Å². The highest BCUT2D eigenvalue weighted by atomic mass is 127. The molecule has 0 aromatic heterocycles. The van der Waals surface area contributed by atoms with Gasteiger partial charge in [-0.2, -0.15) is 0 Å². The molecule has 0 aliphatic carbocycles. The van der Waals surface area contributed by atoms with Gasteiger partial charge < -0.3 is 20.3 Å². The fourth-order valence-corrected chi connectivity index (χ4v) is 3.25. The number of ether oxygens (including phenoxy) is 1. The number of likely N-dealkylation sites (N-methyl/N-ethyl adjacent to an activating group) is 2. The minimum Gasteiger partial charge on any atom is -0.496 e. The minimum absolute atomic E-state index is 0. The molecule has 1 aliphatic heterocycles. The van der Waals surface area contributed by atoms with Gasteiger partial charge in [-0.15, -0.1) is 24.0 Å². The number of guanidine groups is 1. The third-order valence-corrected chi connectivity index (χ3v) is 4.92. The van der Waals surface area contributed by atoms with Crippen molar-refractivity contribution in [3.05, 3.63) is 29.8 Å². The molecule has 1 atom stereocenters. The molecule has 8 heteroatoms. The summed E-state index contributed by atoms with van der Waals surface area (Å²) in [6.07, 6.45) is 2.43. The SMILES string of the molecule is CCN1CCCC1CNC(=NCc1ccccc1OC)NCC(=O)N(C)C.I. The number of carbonyl (C=O) groups excluding carboxylic acids is 1. The van der Waals surface area contributed by atoms with E-state index in [1.807, 2.05) is 24.3 Å². The van der Waals surface area contributed by atoms with E-state index in [4.69, 9.17) is 4.74 Å². The molecule has 158 valence electrons. The molecule has 1 fully saturated rings. The summed E-state index contributed by atoms with van der Waals surface area (Å²) in [5.74, 6) is 1.48. The average molecular weight is 503 g/mol. The highest BCUT2D eigenvalue weighted by Gasteiger charge is 2.22. The number of hydrogen-bond acceptors (Lipinski definition) is 4. The summed E-state index contributed by atoms with van der Waals surface area (Å²) in [5.41, 5.74) is 1.01. The Morgan fingerprint density at radius 1 is 1.32 bits per heavy atom. The number of likely N-dealkylation sites (tertiary alicyclic amines) is 1. The van der Waals surface area contributed by atoms with E-state index in [9.17, 15) is 4.79 Å². The van der Waals surface area contributed by atoms with Gasteiger partial charge in [0.05, 0.1) is 20.2 Å². The molecule has 0 saturated carbocycles. The Morgan fingerprint density at radius 2 is 2.07 bits per heavy atom. The van der Waals surface area contributed by atoms with Crippen molar-refractivity contribution in [2.75, 3.05) is 47.4 Å². The topological polar surface area (TPSA) is 69.2 Å². The minimum atomic E-state index is 0. The average Bonchev–Trinajstić information content (AvgIpc) is 3.14. The van der Waals surface area contributed by atoms with Crippen molar-refractivity contribution in [3.63, 3.8) is 0 Å². The maximum atomic E-state index is 11.9. The first-order valence-electron chi connectivity index (χ1n) is 9.63. The molecule has 2 rings (SSSR count). The lowest BCUT2D eigenvalue weighted by Crippen LogP contribution is -2.47. The van der Waals surface area contributed by atoms with Crippen LogP contribution < -0.4 is 15.4 Å². The third-order valence-electron chi connectivity index (χ3n) is 4.92. The highest BCUT2D eigenvalue weighted by Crippen LogP contribution is 2.18. The summed E-state index contributed by atoms with van der Waals surface area (Å²) in [5, 5.41) is 6.57. The second kappa shape index (κ2) is 12.8. The predicted molar refractivity (Wildman–Crippen MR) is 125 cm³/mol. The van der Waals surface area contributed by atoms with E-state index in [0.717, 1.165) is 30.9 Å². The number of rotatable bonds is 8. The zero-order valence-electron chi connectivity index (χ0n) is 17.4. The van der Waals surface area contributed by atoms with Crippen LogP contribution in [0.15, 0.2) is 29.3 Å². The molecule has 0 radical (unpaired) electrons. The fourth-order valence-electron chi connectivity index (χ4n) is 3.25. The predicted octanol–water partition coefficient (Wildman–Crippen LogP) is 1.92. The van der Waals surface area contributed by atoms with Crippen LogP contribution in [0.1, 0.15) is 25.3 Å². The number of halogens is 1. The molecule has 28 heavy (non-hydrogen) atoms. The first kappa shape index (κ1) is 24.5. The van der Waals surface area contributed by atoms with Crippen LogP contribution in [0.3, 0.4) is 0 Å². The molecule has 1 heterocycles. The van der Waals surface area contributed by atoms with Crippen LogP contribution in [-0.4, -0.2) is 75.1 Å². The summed E-state index contributed by atoms with van der Waals surface area (Å²) < 4.78 is 5.40. The maximum Gasteiger partial charge on any atom is 0.241 e. The molecule has 1 saturated heterocycles. The number of benzene rings is 1. The Kier molecular flexibility index (Phi) is 11.2. The van der Waals surface area contributed by atoms with Gasteiger partial charge in [0, 0.05) is 32.2 Å². The van der Waals surface area contributed by atoms with Crippen LogP contribution in [0.2, 0.25) is 0 Å². The van der Waals surface area contributed by atoms with Gasteiger partial charge in [0.2, 0.25) is 5.91 Å². The van der Waals surface area contributed by atoms with Crippen molar-refractivity contribution in [1.82, 2.24) is 20.4 Å². The normalized spacial score (nSPS) is 17.0. The first-order valence-corrected chi connectivity index (χ1v) is 9.63. The van der Waals surface area contributed by atoms with Crippen LogP contribution in [0.4, 0.5) is 0 Å². The number of carbonyl (C=O) groups is 1. The van der Waals surface area contributed by atoms with Crippen LogP contribution >= 0.6 is 24.0 Å². The van der Waals surface area contributed by atoms with Gasteiger partial charge in [0.1, 0.15) is 5.75 Å². The maximum absolute atomic E-state index is 11.9. The third kappa shape index (κ3) is 7.46. The highest BCUT2D eigenvalue weighted by molar-refractivity contribution is 14.0. The van der Waals surface area contributed by atoms with Gasteiger partial charge in [-0.05, 0) is 32.0 Å². The summed E-state index contributed by atoms with van der Waals surface area (Å²) in [6.45, 7) is 5.94. The molecule has 0 spiro atoms. The molecule has 1 unspecified atom stereocenters. The number of para-hydroxylation sites is 1. The van der Waals surface area contributed by atoms with E-state index in [2.05, 4.69) is 27.4 Å². The summed E-state index contributed by atoms with van der Waals surface area (Å²) in [6, 6.07) is 8.36. The van der Waals surface area contributed by atoms with Crippen molar-refractivity contribution < 1.29 is 9.53 Å². The summed E-state index contributed by atoms with van der Waals surface area (Å²) in [4.78, 5) is 20.7. The number of aliphatic imine (C=N–C) groups is 1. The molecule has 1 amide bonds. The second-order valence-electron chi connectivity index (χ2n) is 6.92. The van der Waals surface area contributed by atoms with Gasteiger partial charge in [-0.25, -0.2) is 4.99 Å². The number of nitrogens with one attached hydrogen (secondary N) is 2. The molecular weight excluding hydrogens is 469 g/mol. The lowest BCUT2D eigenvalue weighted by Gasteiger charge is -2.24. The van der Waals surface area contributed by atoms with Crippen LogP contribution in [0, 0.1) is 0 Å². The van der Waals surface area contributed by atoms with E-state index in [-0.39, 0.29) is 36.4 Å². The standard InChI is InChI=1S/C20H33N5O2.HI/c1-5-25-12-8-10-17(25)14-22-20(23-15-19(26)24(2)3)21-13-16-9-6-7-11-18(16)27-4;/h6-7,9,11,17H,5,8,10,12-15H2,1-4H3,(H2,21,22,23);1H. The van der Waals surface area contributed by atoms with E-state index in [0.29, 0.717) is 18.5 Å². The van der Waals surface area contributed by atoms with E-state index >= 15 is 0 Å². The largest absolute Gasteiger partial charge is 0.496 e. The summed E-state index contributed by atoms with van der Waals surface area (Å²) in [7, 11) is 5.16. The van der Waals surface area contributed by atoms with E-state index in [1.165, 1.54) is 12.8 Å². The monoisotopic (exact) mass is 503 g/mol. The number of amides is 1. The van der Waals surface area contributed by atoms with Gasteiger partial charge in [-0.1, -0.05) is 25.1 Å². The van der Waals surface area contributed by atoms with E-state index in [1.54, 1.807) is 26.1 Å². The number of nitrogens with zero attached hydrogens (tertiary/aromatic N) is 3. The zero-order chi connectivity index (χ0) is 19.6. The van der Waals surface area contributed by atoms with Crippen molar-refractivity contribution in [2.45, 2.75) is 32.4 Å². The van der Waals surface area contributed by atoms with Gasteiger partial charge in [0.25, 0.3) is 0 Å². The molecule has 1 aromatic carbocycles. The molecule has 1 aromatic rings. The molecule has 2 N–H and O–H groups in total. The quantitative estimate of drug-likeness (QED) is 0.323. The molecule has 1 aliphatic rings. The van der Waals surface area contributed by atoms with Gasteiger partial charge >= 0.3 is 0 Å². The lowest BCUT2D eigenvalue weighted by molar-refractivity contribution is -0.127. The molecule has 7 nitrogen and oxygen atoms in total. The van der Waals surface area contributed by atoms with Crippen LogP contribution in [0.5, 0.6) is 5.75 Å². The van der Waals surface area contributed by atoms with Crippen molar-refractivity contribution >= 4 is 35.8 Å².